The Hall–Kier alpha value is -1.74. The van der Waals surface area contributed by atoms with Crippen molar-refractivity contribution in [3.8, 4) is 6.07 Å². The van der Waals surface area contributed by atoms with E-state index in [1.54, 1.807) is 0 Å². The third kappa shape index (κ3) is 3.92. The molecule has 0 amide bonds. The highest BCUT2D eigenvalue weighted by molar-refractivity contribution is 5.57. The summed E-state index contributed by atoms with van der Waals surface area (Å²) in [6.45, 7) is 0. The molecule has 2 rings (SSSR count). The normalized spacial score (nSPS) is 22.4. The number of anilines is 1. The van der Waals surface area contributed by atoms with Crippen LogP contribution in [0.15, 0.2) is 18.2 Å². The molecule has 1 aliphatic rings. The van der Waals surface area contributed by atoms with Crippen LogP contribution in [0.3, 0.4) is 0 Å². The summed E-state index contributed by atoms with van der Waals surface area (Å²) in [5.74, 6) is 0. The van der Waals surface area contributed by atoms with Crippen LogP contribution in [-0.2, 0) is 6.18 Å². The fourth-order valence-electron chi connectivity index (χ4n) is 2.96. The zero-order valence-corrected chi connectivity index (χ0v) is 12.7. The summed E-state index contributed by atoms with van der Waals surface area (Å²) in [7, 11) is 3.98. The van der Waals surface area contributed by atoms with Crippen molar-refractivity contribution in [2.24, 2.45) is 0 Å². The van der Waals surface area contributed by atoms with E-state index in [1.165, 1.54) is 12.1 Å². The Morgan fingerprint density at radius 3 is 2.59 bits per heavy atom. The smallest absolute Gasteiger partial charge is 0.382 e. The lowest BCUT2D eigenvalue weighted by Crippen LogP contribution is -2.38. The highest BCUT2D eigenvalue weighted by Gasteiger charge is 2.34. The number of hydrogen-bond acceptors (Lipinski definition) is 3. The molecule has 1 N–H and O–H groups in total. The molecular formula is C16H20F3N3. The van der Waals surface area contributed by atoms with Gasteiger partial charge in [0.1, 0.15) is 0 Å². The average molecular weight is 311 g/mol. The minimum absolute atomic E-state index is 0.00353. The van der Waals surface area contributed by atoms with Gasteiger partial charge in [-0.15, -0.1) is 0 Å². The molecule has 0 saturated heterocycles. The minimum Gasteiger partial charge on any atom is -0.382 e. The topological polar surface area (TPSA) is 39.1 Å². The van der Waals surface area contributed by atoms with Gasteiger partial charge in [-0.3, -0.25) is 0 Å². The van der Waals surface area contributed by atoms with Crippen LogP contribution >= 0.6 is 0 Å². The second kappa shape index (κ2) is 6.57. The van der Waals surface area contributed by atoms with Gasteiger partial charge in [0.15, 0.2) is 0 Å². The Bertz CT molecular complexity index is 561. The summed E-state index contributed by atoms with van der Waals surface area (Å²) in [5.41, 5.74) is -0.468. The quantitative estimate of drug-likeness (QED) is 0.921. The fraction of sp³-hybridized carbons (Fsp3) is 0.562. The maximum absolute atomic E-state index is 13.1. The average Bonchev–Trinajstić information content (AvgIpc) is 2.46. The summed E-state index contributed by atoms with van der Waals surface area (Å²) in [4.78, 5) is 2.12. The fourth-order valence-corrected chi connectivity index (χ4v) is 2.96. The molecule has 0 aliphatic heterocycles. The Balaban J connectivity index is 2.22. The molecule has 2 atom stereocenters. The highest BCUT2D eigenvalue weighted by atomic mass is 19.4. The van der Waals surface area contributed by atoms with E-state index in [0.29, 0.717) is 6.04 Å². The van der Waals surface area contributed by atoms with Crippen LogP contribution in [0.5, 0.6) is 0 Å². The highest BCUT2D eigenvalue weighted by Crippen LogP contribution is 2.36. The van der Waals surface area contributed by atoms with Crippen LogP contribution in [0.1, 0.15) is 36.8 Å². The maximum atomic E-state index is 13.1. The maximum Gasteiger partial charge on any atom is 0.418 e. The second-order valence-corrected chi connectivity index (χ2v) is 6.00. The molecule has 1 saturated carbocycles. The predicted octanol–water partition coefficient (Wildman–Crippen LogP) is 3.86. The van der Waals surface area contributed by atoms with Crippen LogP contribution < -0.4 is 5.32 Å². The second-order valence-electron chi connectivity index (χ2n) is 6.00. The number of halogens is 3. The molecule has 0 aromatic heterocycles. The van der Waals surface area contributed by atoms with Gasteiger partial charge in [0.05, 0.1) is 17.2 Å². The molecule has 3 nitrogen and oxygen atoms in total. The van der Waals surface area contributed by atoms with E-state index >= 15 is 0 Å². The molecule has 0 heterocycles. The number of nitriles is 1. The molecule has 1 aliphatic carbocycles. The zero-order chi connectivity index (χ0) is 16.3. The summed E-state index contributed by atoms with van der Waals surface area (Å²) < 4.78 is 39.3. The number of rotatable bonds is 3. The van der Waals surface area contributed by atoms with Gasteiger partial charge >= 0.3 is 6.18 Å². The molecule has 2 unspecified atom stereocenters. The van der Waals surface area contributed by atoms with Gasteiger partial charge in [0.2, 0.25) is 0 Å². The monoisotopic (exact) mass is 311 g/mol. The Morgan fingerprint density at radius 2 is 2.00 bits per heavy atom. The van der Waals surface area contributed by atoms with Crippen LogP contribution in [-0.4, -0.2) is 31.1 Å². The lowest BCUT2D eigenvalue weighted by atomic mass is 9.90. The van der Waals surface area contributed by atoms with Gasteiger partial charge in [-0.1, -0.05) is 0 Å². The number of alkyl halides is 3. The molecule has 22 heavy (non-hydrogen) atoms. The lowest BCUT2D eigenvalue weighted by molar-refractivity contribution is -0.137. The Labute approximate surface area is 128 Å². The first-order chi connectivity index (χ1) is 10.3. The summed E-state index contributed by atoms with van der Waals surface area (Å²) in [6.07, 6.45) is -0.721. The van der Waals surface area contributed by atoms with E-state index in [4.69, 9.17) is 5.26 Å². The predicted molar refractivity (Wildman–Crippen MR) is 79.5 cm³/mol. The van der Waals surface area contributed by atoms with E-state index < -0.39 is 11.7 Å². The van der Waals surface area contributed by atoms with E-state index in [1.807, 2.05) is 20.2 Å². The first kappa shape index (κ1) is 16.6. The molecule has 6 heteroatoms. The Kier molecular flexibility index (Phi) is 4.97. The molecule has 1 fully saturated rings. The van der Waals surface area contributed by atoms with Crippen molar-refractivity contribution in [3.63, 3.8) is 0 Å². The van der Waals surface area contributed by atoms with Crippen LogP contribution in [0, 0.1) is 11.3 Å². The number of hydrogen-bond donors (Lipinski definition) is 1. The lowest BCUT2D eigenvalue weighted by Gasteiger charge is -2.34. The van der Waals surface area contributed by atoms with Crippen molar-refractivity contribution >= 4 is 5.69 Å². The number of nitrogens with zero attached hydrogens (tertiary/aromatic N) is 2. The van der Waals surface area contributed by atoms with E-state index in [-0.39, 0.29) is 17.3 Å². The first-order valence-electron chi connectivity index (χ1n) is 7.35. The van der Waals surface area contributed by atoms with Crippen molar-refractivity contribution in [2.45, 2.75) is 43.9 Å². The van der Waals surface area contributed by atoms with E-state index in [0.717, 1.165) is 31.7 Å². The molecule has 1 aromatic rings. The standard InChI is InChI=1S/C16H20F3N3/c1-22(2)13-5-3-4-12(9-13)21-15-8-11(10-20)6-7-14(15)16(17,18)19/h6-8,12-13,21H,3-5,9H2,1-2H3. The van der Waals surface area contributed by atoms with Crippen molar-refractivity contribution in [1.29, 1.82) is 5.26 Å². The van der Waals surface area contributed by atoms with Crippen LogP contribution in [0.4, 0.5) is 18.9 Å². The molecule has 120 valence electrons. The molecule has 0 bridgehead atoms. The zero-order valence-electron chi connectivity index (χ0n) is 12.7. The van der Waals surface area contributed by atoms with Gasteiger partial charge in [-0.2, -0.15) is 18.4 Å². The summed E-state index contributed by atoms with van der Waals surface area (Å²) in [6, 6.07) is 5.74. The minimum atomic E-state index is -4.42. The van der Waals surface area contributed by atoms with Gasteiger partial charge in [-0.25, -0.2) is 0 Å². The molecule has 0 spiro atoms. The van der Waals surface area contributed by atoms with Gasteiger partial charge in [0.25, 0.3) is 0 Å². The van der Waals surface area contributed by atoms with Gasteiger partial charge in [-0.05, 0) is 58.0 Å². The van der Waals surface area contributed by atoms with Crippen molar-refractivity contribution in [1.82, 2.24) is 4.90 Å². The largest absolute Gasteiger partial charge is 0.418 e. The van der Waals surface area contributed by atoms with E-state index in [2.05, 4.69) is 10.2 Å². The first-order valence-corrected chi connectivity index (χ1v) is 7.35. The van der Waals surface area contributed by atoms with Gasteiger partial charge in [0, 0.05) is 17.8 Å². The number of benzene rings is 1. The summed E-state index contributed by atoms with van der Waals surface area (Å²) in [5, 5.41) is 11.9. The number of nitrogens with one attached hydrogen (secondary N) is 1. The van der Waals surface area contributed by atoms with Crippen molar-refractivity contribution < 1.29 is 13.2 Å². The van der Waals surface area contributed by atoms with E-state index in [9.17, 15) is 13.2 Å². The molecule has 1 aromatic carbocycles. The van der Waals surface area contributed by atoms with Gasteiger partial charge < -0.3 is 10.2 Å². The van der Waals surface area contributed by atoms with Crippen LogP contribution in [0.2, 0.25) is 0 Å². The van der Waals surface area contributed by atoms with Crippen molar-refractivity contribution in [3.05, 3.63) is 29.3 Å². The van der Waals surface area contributed by atoms with Crippen LogP contribution in [0.25, 0.3) is 0 Å². The molecule has 0 radical (unpaired) electrons. The Morgan fingerprint density at radius 1 is 1.27 bits per heavy atom. The third-order valence-electron chi connectivity index (χ3n) is 4.19. The summed E-state index contributed by atoms with van der Waals surface area (Å²) >= 11 is 0. The third-order valence-corrected chi connectivity index (χ3v) is 4.19. The van der Waals surface area contributed by atoms with Crippen molar-refractivity contribution in [2.75, 3.05) is 19.4 Å². The SMILES string of the molecule is CN(C)C1CCCC(Nc2cc(C#N)ccc2C(F)(F)F)C1. The molecular weight excluding hydrogens is 291 g/mol.